The molecule has 3 unspecified atom stereocenters. The van der Waals surface area contributed by atoms with E-state index < -0.39 is 0 Å². The van der Waals surface area contributed by atoms with Crippen LogP contribution in [0.25, 0.3) is 0 Å². The van der Waals surface area contributed by atoms with Crippen molar-refractivity contribution in [2.75, 3.05) is 25.1 Å². The predicted molar refractivity (Wildman–Crippen MR) is 89.6 cm³/mol. The van der Waals surface area contributed by atoms with Crippen molar-refractivity contribution < 1.29 is 9.59 Å². The maximum absolute atomic E-state index is 12.0. The largest absolute Gasteiger partial charge is 0.306 e. The third-order valence-electron chi connectivity index (χ3n) is 3.28. The third kappa shape index (κ3) is 7.08. The number of nitrogens with one attached hydrogen (secondary N) is 3. The molecule has 0 aromatic rings. The SMILES string of the molecule is CCC(C)C(=O)C(CS)NCCC(=O)C(CS)NNC. The first-order valence-electron chi connectivity index (χ1n) is 6.95. The number of Topliss-reactive ketones (excluding diaryl/α,β-unsaturated/α-hetero) is 2. The Bertz CT molecular complexity index is 303. The van der Waals surface area contributed by atoms with E-state index in [1.54, 1.807) is 7.05 Å². The maximum Gasteiger partial charge on any atom is 0.153 e. The molecule has 0 fully saturated rings. The molecule has 3 N–H and O–H groups in total. The van der Waals surface area contributed by atoms with Gasteiger partial charge in [-0.05, 0) is 13.5 Å². The van der Waals surface area contributed by atoms with E-state index in [2.05, 4.69) is 41.4 Å². The molecule has 0 amide bonds. The van der Waals surface area contributed by atoms with Gasteiger partial charge < -0.3 is 5.32 Å². The minimum atomic E-state index is -0.315. The summed E-state index contributed by atoms with van der Waals surface area (Å²) in [5.41, 5.74) is 5.59. The van der Waals surface area contributed by atoms with E-state index >= 15 is 0 Å². The van der Waals surface area contributed by atoms with Crippen LogP contribution in [0.4, 0.5) is 0 Å². The third-order valence-corrected chi connectivity index (χ3v) is 4.01. The van der Waals surface area contributed by atoms with E-state index in [0.717, 1.165) is 6.42 Å². The van der Waals surface area contributed by atoms with Gasteiger partial charge in [0.05, 0.1) is 12.1 Å². The van der Waals surface area contributed by atoms with Gasteiger partial charge in [0.2, 0.25) is 0 Å². The van der Waals surface area contributed by atoms with Crippen LogP contribution in [0.2, 0.25) is 0 Å². The van der Waals surface area contributed by atoms with E-state index in [-0.39, 0.29) is 29.6 Å². The first-order valence-corrected chi connectivity index (χ1v) is 8.22. The van der Waals surface area contributed by atoms with Gasteiger partial charge in [-0.2, -0.15) is 25.3 Å². The topological polar surface area (TPSA) is 70.2 Å². The maximum atomic E-state index is 12.0. The van der Waals surface area contributed by atoms with Crippen LogP contribution in [0.5, 0.6) is 0 Å². The molecule has 0 spiro atoms. The van der Waals surface area contributed by atoms with Gasteiger partial charge in [0, 0.05) is 30.4 Å². The Morgan fingerprint density at radius 1 is 1.15 bits per heavy atom. The molecular weight excluding hydrogens is 294 g/mol. The average Bonchev–Trinajstić information content (AvgIpc) is 2.47. The zero-order valence-corrected chi connectivity index (χ0v) is 14.3. The van der Waals surface area contributed by atoms with Crippen LogP contribution in [0.15, 0.2) is 0 Å². The highest BCUT2D eigenvalue weighted by atomic mass is 32.1. The Kier molecular flexibility index (Phi) is 11.5. The van der Waals surface area contributed by atoms with Gasteiger partial charge in [0.1, 0.15) is 0 Å². The lowest BCUT2D eigenvalue weighted by molar-refractivity contribution is -0.124. The molecule has 0 aliphatic heterocycles. The second-order valence-electron chi connectivity index (χ2n) is 4.75. The summed E-state index contributed by atoms with van der Waals surface area (Å²) in [6, 6.07) is -0.599. The van der Waals surface area contributed by atoms with Gasteiger partial charge in [0.15, 0.2) is 11.6 Å². The molecule has 7 heteroatoms. The van der Waals surface area contributed by atoms with Crippen molar-refractivity contribution in [2.45, 2.75) is 38.8 Å². The molecule has 0 aromatic heterocycles. The van der Waals surface area contributed by atoms with E-state index in [1.165, 1.54) is 0 Å². The summed E-state index contributed by atoms with van der Waals surface area (Å²) in [5.74, 6) is 1.13. The molecule has 0 aliphatic rings. The molecule has 0 aromatic carbocycles. The lowest BCUT2D eigenvalue weighted by Crippen LogP contribution is -2.47. The highest BCUT2D eigenvalue weighted by Gasteiger charge is 2.22. The Hall–Kier alpha value is -0.0800. The Morgan fingerprint density at radius 2 is 1.75 bits per heavy atom. The van der Waals surface area contributed by atoms with Crippen LogP contribution in [0.1, 0.15) is 26.7 Å². The molecule has 0 saturated carbocycles. The molecule has 0 aliphatic carbocycles. The summed E-state index contributed by atoms with van der Waals surface area (Å²) in [6.45, 7) is 4.38. The number of hydrogen-bond acceptors (Lipinski definition) is 7. The van der Waals surface area contributed by atoms with Gasteiger partial charge in [-0.1, -0.05) is 13.8 Å². The summed E-state index contributed by atoms with van der Waals surface area (Å²) in [5, 5.41) is 3.12. The summed E-state index contributed by atoms with van der Waals surface area (Å²) in [7, 11) is 1.71. The van der Waals surface area contributed by atoms with Crippen LogP contribution in [0.3, 0.4) is 0 Å². The molecule has 3 atom stereocenters. The monoisotopic (exact) mass is 321 g/mol. The first kappa shape index (κ1) is 19.9. The van der Waals surface area contributed by atoms with Gasteiger partial charge in [0.25, 0.3) is 0 Å². The van der Waals surface area contributed by atoms with Gasteiger partial charge >= 0.3 is 0 Å². The van der Waals surface area contributed by atoms with E-state index in [9.17, 15) is 9.59 Å². The summed E-state index contributed by atoms with van der Waals surface area (Å²) >= 11 is 8.33. The zero-order valence-electron chi connectivity index (χ0n) is 12.5. The number of carbonyl (C=O) groups is 2. The van der Waals surface area contributed by atoms with E-state index in [0.29, 0.717) is 24.5 Å². The van der Waals surface area contributed by atoms with Gasteiger partial charge in [-0.3, -0.25) is 15.0 Å². The lowest BCUT2D eigenvalue weighted by atomic mass is 9.98. The van der Waals surface area contributed by atoms with Crippen molar-refractivity contribution in [1.82, 2.24) is 16.2 Å². The quantitative estimate of drug-likeness (QED) is 0.267. The molecule has 118 valence electrons. The number of carbonyl (C=O) groups excluding carboxylic acids is 2. The first-order chi connectivity index (χ1) is 9.51. The highest BCUT2D eigenvalue weighted by molar-refractivity contribution is 7.80. The normalized spacial score (nSPS) is 15.7. The predicted octanol–water partition coefficient (Wildman–Crippen LogP) is 0.471. The van der Waals surface area contributed by atoms with Crippen LogP contribution in [-0.2, 0) is 9.59 Å². The second-order valence-corrected chi connectivity index (χ2v) is 5.48. The summed E-state index contributed by atoms with van der Waals surface area (Å²) in [6.07, 6.45) is 1.18. The second kappa shape index (κ2) is 11.6. The number of rotatable bonds is 12. The summed E-state index contributed by atoms with van der Waals surface area (Å²) in [4.78, 5) is 23.9. The molecule has 20 heavy (non-hydrogen) atoms. The molecular formula is C13H27N3O2S2. The zero-order chi connectivity index (χ0) is 15.5. The van der Waals surface area contributed by atoms with Gasteiger partial charge in [-0.15, -0.1) is 0 Å². The lowest BCUT2D eigenvalue weighted by Gasteiger charge is -2.19. The van der Waals surface area contributed by atoms with Gasteiger partial charge in [-0.25, -0.2) is 5.43 Å². The number of ketones is 2. The fourth-order valence-electron chi connectivity index (χ4n) is 1.75. The van der Waals surface area contributed by atoms with Crippen molar-refractivity contribution in [3.05, 3.63) is 0 Å². The van der Waals surface area contributed by atoms with Crippen LogP contribution < -0.4 is 16.2 Å². The van der Waals surface area contributed by atoms with Crippen molar-refractivity contribution in [3.63, 3.8) is 0 Å². The number of hydrazine groups is 1. The molecule has 0 saturated heterocycles. The van der Waals surface area contributed by atoms with E-state index in [1.807, 2.05) is 13.8 Å². The van der Waals surface area contributed by atoms with Crippen molar-refractivity contribution in [3.8, 4) is 0 Å². The van der Waals surface area contributed by atoms with Crippen molar-refractivity contribution >= 4 is 36.8 Å². The number of hydrogen-bond donors (Lipinski definition) is 5. The number of thiol groups is 2. The Labute approximate surface area is 132 Å². The minimum absolute atomic E-state index is 0.0199. The average molecular weight is 322 g/mol. The molecule has 0 heterocycles. The van der Waals surface area contributed by atoms with Crippen LogP contribution in [-0.4, -0.2) is 48.7 Å². The summed E-state index contributed by atoms with van der Waals surface area (Å²) < 4.78 is 0. The highest BCUT2D eigenvalue weighted by Crippen LogP contribution is 2.07. The molecule has 0 bridgehead atoms. The van der Waals surface area contributed by atoms with Crippen LogP contribution >= 0.6 is 25.3 Å². The molecule has 0 radical (unpaired) electrons. The smallest absolute Gasteiger partial charge is 0.153 e. The molecule has 5 nitrogen and oxygen atoms in total. The minimum Gasteiger partial charge on any atom is -0.306 e. The van der Waals surface area contributed by atoms with Crippen LogP contribution in [0, 0.1) is 5.92 Å². The van der Waals surface area contributed by atoms with Crippen molar-refractivity contribution in [1.29, 1.82) is 0 Å². The fourth-order valence-corrected chi connectivity index (χ4v) is 2.35. The van der Waals surface area contributed by atoms with Crippen molar-refractivity contribution in [2.24, 2.45) is 5.92 Å². The molecule has 0 rings (SSSR count). The van der Waals surface area contributed by atoms with E-state index in [4.69, 9.17) is 0 Å². The Balaban J connectivity index is 4.19. The standard InChI is InChI=1S/C13H27N3O2S2/c1-4-9(2)13(18)11(8-20)15-6-5-12(17)10(7-19)16-14-3/h9-11,14-16,19-20H,4-8H2,1-3H3. The Morgan fingerprint density at radius 3 is 2.20 bits per heavy atom. The fraction of sp³-hybridized carbons (Fsp3) is 0.846.